The second kappa shape index (κ2) is 3.93. The topological polar surface area (TPSA) is 29.1 Å². The van der Waals surface area contributed by atoms with Crippen LogP contribution in [-0.2, 0) is 12.8 Å². The van der Waals surface area contributed by atoms with E-state index < -0.39 is 0 Å². The third kappa shape index (κ3) is 2.43. The van der Waals surface area contributed by atoms with Crippen LogP contribution in [0.5, 0.6) is 0 Å². The van der Waals surface area contributed by atoms with Crippen LogP contribution in [0.25, 0.3) is 0 Å². The lowest BCUT2D eigenvalue weighted by atomic mass is 10.0. The van der Waals surface area contributed by atoms with Gasteiger partial charge in [0, 0.05) is 11.1 Å². The Morgan fingerprint density at radius 2 is 1.88 bits per heavy atom. The predicted octanol–water partition coefficient (Wildman–Crippen LogP) is 2.70. The average molecular weight is 217 g/mol. The van der Waals surface area contributed by atoms with Gasteiger partial charge >= 0.3 is 0 Å². The Labute approximate surface area is 97.1 Å². The van der Waals surface area contributed by atoms with Gasteiger partial charge in [0.1, 0.15) is 0 Å². The van der Waals surface area contributed by atoms with Crippen LogP contribution in [-0.4, -0.2) is 11.4 Å². The number of hydrogen-bond acceptors (Lipinski definition) is 1. The molecular weight excluding hydrogens is 198 g/mol. The van der Waals surface area contributed by atoms with Gasteiger partial charge in [0.05, 0.1) is 0 Å². The highest BCUT2D eigenvalue weighted by Crippen LogP contribution is 2.22. The van der Waals surface area contributed by atoms with Crippen molar-refractivity contribution in [2.24, 2.45) is 0 Å². The Kier molecular flexibility index (Phi) is 2.75. The van der Waals surface area contributed by atoms with Crippen LogP contribution >= 0.6 is 0 Å². The molecule has 0 heterocycles. The van der Waals surface area contributed by atoms with Gasteiger partial charge < -0.3 is 5.32 Å². The smallest absolute Gasteiger partial charge is 0.251 e. The summed E-state index contributed by atoms with van der Waals surface area (Å²) in [7, 11) is 0. The molecule has 0 saturated heterocycles. The summed E-state index contributed by atoms with van der Waals surface area (Å²) in [5, 5.41) is 2.99. The van der Waals surface area contributed by atoms with Crippen molar-refractivity contribution in [1.29, 1.82) is 0 Å². The minimum Gasteiger partial charge on any atom is -0.347 e. The summed E-state index contributed by atoms with van der Waals surface area (Å²) in [6, 6.07) is 6.08. The lowest BCUT2D eigenvalue weighted by Crippen LogP contribution is -2.40. The number of carbonyl (C=O) groups is 1. The standard InChI is InChI=1S/C14H19NO/c1-14(2,3)15-13(16)12-8-7-10-5-4-6-11(10)9-12/h7-9H,4-6H2,1-3H3,(H,15,16). The zero-order chi connectivity index (χ0) is 11.8. The van der Waals surface area contributed by atoms with E-state index in [2.05, 4.69) is 11.4 Å². The normalized spacial score (nSPS) is 14.7. The van der Waals surface area contributed by atoms with Crippen molar-refractivity contribution in [3.8, 4) is 0 Å². The fourth-order valence-corrected chi connectivity index (χ4v) is 2.13. The average Bonchev–Trinajstić information content (AvgIpc) is 2.61. The lowest BCUT2D eigenvalue weighted by molar-refractivity contribution is 0.0919. The Morgan fingerprint density at radius 3 is 2.56 bits per heavy atom. The molecule has 2 heteroatoms. The second-order valence-corrected chi connectivity index (χ2v) is 5.54. The highest BCUT2D eigenvalue weighted by molar-refractivity contribution is 5.94. The highest BCUT2D eigenvalue weighted by atomic mass is 16.1. The summed E-state index contributed by atoms with van der Waals surface area (Å²) in [5.41, 5.74) is 3.38. The Morgan fingerprint density at radius 1 is 1.19 bits per heavy atom. The molecule has 2 nitrogen and oxygen atoms in total. The molecule has 2 rings (SSSR count). The van der Waals surface area contributed by atoms with Gasteiger partial charge in [-0.1, -0.05) is 6.07 Å². The zero-order valence-electron chi connectivity index (χ0n) is 10.3. The third-order valence-electron chi connectivity index (χ3n) is 2.85. The van der Waals surface area contributed by atoms with Gasteiger partial charge in [-0.3, -0.25) is 4.79 Å². The van der Waals surface area contributed by atoms with Crippen LogP contribution in [0, 0.1) is 0 Å². The van der Waals surface area contributed by atoms with E-state index in [9.17, 15) is 4.79 Å². The number of fused-ring (bicyclic) bond motifs is 1. The molecule has 1 aromatic rings. The highest BCUT2D eigenvalue weighted by Gasteiger charge is 2.17. The van der Waals surface area contributed by atoms with Gasteiger partial charge in [-0.05, 0) is 63.3 Å². The third-order valence-corrected chi connectivity index (χ3v) is 2.85. The van der Waals surface area contributed by atoms with E-state index in [1.165, 1.54) is 17.5 Å². The fourth-order valence-electron chi connectivity index (χ4n) is 2.13. The van der Waals surface area contributed by atoms with E-state index in [0.717, 1.165) is 18.4 Å². The first-order valence-corrected chi connectivity index (χ1v) is 5.90. The molecule has 0 bridgehead atoms. The summed E-state index contributed by atoms with van der Waals surface area (Å²) in [4.78, 5) is 11.9. The van der Waals surface area contributed by atoms with Crippen LogP contribution in [0.1, 0.15) is 48.7 Å². The monoisotopic (exact) mass is 217 g/mol. The Hall–Kier alpha value is -1.31. The Balaban J connectivity index is 2.19. The van der Waals surface area contributed by atoms with E-state index in [-0.39, 0.29) is 11.4 Å². The molecule has 0 aromatic heterocycles. The molecule has 0 aliphatic heterocycles. The van der Waals surface area contributed by atoms with Crippen LogP contribution in [0.15, 0.2) is 18.2 Å². The van der Waals surface area contributed by atoms with Gasteiger partial charge in [-0.25, -0.2) is 0 Å². The summed E-state index contributed by atoms with van der Waals surface area (Å²) < 4.78 is 0. The van der Waals surface area contributed by atoms with E-state index in [4.69, 9.17) is 0 Å². The molecule has 0 saturated carbocycles. The number of aryl methyl sites for hydroxylation is 2. The first-order valence-electron chi connectivity index (χ1n) is 5.90. The molecule has 1 aliphatic carbocycles. The van der Waals surface area contributed by atoms with Crippen LogP contribution in [0.2, 0.25) is 0 Å². The van der Waals surface area contributed by atoms with E-state index >= 15 is 0 Å². The van der Waals surface area contributed by atoms with Gasteiger partial charge in [-0.2, -0.15) is 0 Å². The zero-order valence-corrected chi connectivity index (χ0v) is 10.3. The van der Waals surface area contributed by atoms with Crippen molar-refractivity contribution in [3.63, 3.8) is 0 Å². The van der Waals surface area contributed by atoms with Crippen molar-refractivity contribution < 1.29 is 4.79 Å². The van der Waals surface area contributed by atoms with Gasteiger partial charge in [0.15, 0.2) is 0 Å². The van der Waals surface area contributed by atoms with Crippen molar-refractivity contribution in [2.75, 3.05) is 0 Å². The maximum Gasteiger partial charge on any atom is 0.251 e. The minimum absolute atomic E-state index is 0.0298. The molecular formula is C14H19NO. The first kappa shape index (κ1) is 11.2. The van der Waals surface area contributed by atoms with Crippen molar-refractivity contribution in [3.05, 3.63) is 34.9 Å². The maximum atomic E-state index is 11.9. The lowest BCUT2D eigenvalue weighted by Gasteiger charge is -2.20. The van der Waals surface area contributed by atoms with E-state index in [0.29, 0.717) is 0 Å². The molecule has 0 fully saturated rings. The molecule has 16 heavy (non-hydrogen) atoms. The Bertz CT molecular complexity index is 415. The fraction of sp³-hybridized carbons (Fsp3) is 0.500. The quantitative estimate of drug-likeness (QED) is 0.770. The van der Waals surface area contributed by atoms with Crippen molar-refractivity contribution in [1.82, 2.24) is 5.32 Å². The van der Waals surface area contributed by atoms with Crippen molar-refractivity contribution in [2.45, 2.75) is 45.6 Å². The number of nitrogens with one attached hydrogen (secondary N) is 1. The second-order valence-electron chi connectivity index (χ2n) is 5.54. The number of benzene rings is 1. The molecule has 1 aromatic carbocycles. The molecule has 1 aliphatic rings. The van der Waals surface area contributed by atoms with Crippen LogP contribution in [0.3, 0.4) is 0 Å². The molecule has 0 spiro atoms. The first-order chi connectivity index (χ1) is 7.46. The maximum absolute atomic E-state index is 11.9. The summed E-state index contributed by atoms with van der Waals surface area (Å²) >= 11 is 0. The molecule has 1 amide bonds. The molecule has 0 atom stereocenters. The summed E-state index contributed by atoms with van der Waals surface area (Å²) in [6.07, 6.45) is 3.50. The summed E-state index contributed by atoms with van der Waals surface area (Å²) in [5.74, 6) is 0.0298. The van der Waals surface area contributed by atoms with E-state index in [1.807, 2.05) is 32.9 Å². The molecule has 0 unspecified atom stereocenters. The molecule has 86 valence electrons. The number of carbonyl (C=O) groups excluding carboxylic acids is 1. The molecule has 0 radical (unpaired) electrons. The number of rotatable bonds is 1. The SMILES string of the molecule is CC(C)(C)NC(=O)c1ccc2c(c1)CCC2. The van der Waals surface area contributed by atoms with E-state index in [1.54, 1.807) is 0 Å². The van der Waals surface area contributed by atoms with Crippen LogP contribution in [0.4, 0.5) is 0 Å². The van der Waals surface area contributed by atoms with Crippen molar-refractivity contribution >= 4 is 5.91 Å². The summed E-state index contributed by atoms with van der Waals surface area (Å²) in [6.45, 7) is 5.99. The van der Waals surface area contributed by atoms with Gasteiger partial charge in [0.2, 0.25) is 0 Å². The molecule has 1 N–H and O–H groups in total. The number of hydrogen-bond donors (Lipinski definition) is 1. The minimum atomic E-state index is -0.171. The van der Waals surface area contributed by atoms with Crippen LogP contribution < -0.4 is 5.32 Å². The largest absolute Gasteiger partial charge is 0.347 e. The number of amides is 1. The predicted molar refractivity (Wildman–Crippen MR) is 65.7 cm³/mol. The van der Waals surface area contributed by atoms with Gasteiger partial charge in [-0.15, -0.1) is 0 Å². The van der Waals surface area contributed by atoms with Gasteiger partial charge in [0.25, 0.3) is 5.91 Å².